The van der Waals surface area contributed by atoms with Crippen LogP contribution in [0, 0.1) is 0 Å². The molecule has 4 aromatic rings. The molecule has 29 heavy (non-hydrogen) atoms. The molecule has 0 spiro atoms. The molecule has 1 N–H and O–H groups in total. The lowest BCUT2D eigenvalue weighted by atomic mass is 10.2. The number of aromatic nitrogens is 3. The molecule has 0 radical (unpaired) electrons. The van der Waals surface area contributed by atoms with E-state index in [1.54, 1.807) is 17.5 Å². The summed E-state index contributed by atoms with van der Waals surface area (Å²) in [4.78, 5) is 19.8. The lowest BCUT2D eigenvalue weighted by molar-refractivity contribution is 0.264. The number of hydrogen-bond donors (Lipinski definition) is 1. The molecule has 3 aromatic heterocycles. The molecule has 1 atom stereocenters. The van der Waals surface area contributed by atoms with Crippen molar-refractivity contribution in [1.82, 2.24) is 24.8 Å². The quantitative estimate of drug-likeness (QED) is 0.571. The number of nitrogens with zero attached hydrogens (tertiary/aromatic N) is 6. The lowest BCUT2D eigenvalue weighted by Gasteiger charge is -2.41. The number of guanidine groups is 1. The van der Waals surface area contributed by atoms with Gasteiger partial charge < -0.3 is 5.32 Å². The molecule has 6 rings (SSSR count). The van der Waals surface area contributed by atoms with Crippen LogP contribution in [-0.4, -0.2) is 38.7 Å². The van der Waals surface area contributed by atoms with Crippen molar-refractivity contribution < 1.29 is 0 Å². The SMILES string of the molecule is c1cncc(CN2CN=C3NC(c4cccs4)n4c(nc5ccccc54)N3C2)c1. The molecule has 2 aliphatic rings. The fraction of sp³-hybridized carbons (Fsp3) is 0.190. The van der Waals surface area contributed by atoms with Crippen LogP contribution in [0.25, 0.3) is 11.0 Å². The third-order valence-electron chi connectivity index (χ3n) is 5.30. The van der Waals surface area contributed by atoms with Gasteiger partial charge in [0.2, 0.25) is 11.9 Å². The van der Waals surface area contributed by atoms with E-state index >= 15 is 0 Å². The molecule has 144 valence electrons. The third-order valence-corrected chi connectivity index (χ3v) is 6.23. The second-order valence-electron chi connectivity index (χ2n) is 7.22. The van der Waals surface area contributed by atoms with E-state index in [1.165, 1.54) is 10.4 Å². The summed E-state index contributed by atoms with van der Waals surface area (Å²) < 4.78 is 2.29. The number of aliphatic imine (C=N–C) groups is 1. The van der Waals surface area contributed by atoms with E-state index in [0.29, 0.717) is 6.67 Å². The number of anilines is 1. The summed E-state index contributed by atoms with van der Waals surface area (Å²) >= 11 is 1.74. The van der Waals surface area contributed by atoms with Crippen LogP contribution >= 0.6 is 11.3 Å². The molecule has 0 bridgehead atoms. The van der Waals surface area contributed by atoms with E-state index in [-0.39, 0.29) is 6.17 Å². The average molecular weight is 401 g/mol. The first-order valence-electron chi connectivity index (χ1n) is 9.57. The second-order valence-corrected chi connectivity index (χ2v) is 8.19. The van der Waals surface area contributed by atoms with Gasteiger partial charge in [-0.05, 0) is 35.2 Å². The van der Waals surface area contributed by atoms with E-state index < -0.39 is 0 Å². The Kier molecular flexibility index (Phi) is 3.85. The van der Waals surface area contributed by atoms with Gasteiger partial charge in [0.1, 0.15) is 6.17 Å². The second kappa shape index (κ2) is 6.68. The van der Waals surface area contributed by atoms with Crippen molar-refractivity contribution in [2.75, 3.05) is 18.2 Å². The largest absolute Gasteiger partial charge is 0.331 e. The number of imidazole rings is 1. The Bertz CT molecular complexity index is 1180. The first-order chi connectivity index (χ1) is 14.4. The maximum Gasteiger partial charge on any atom is 0.216 e. The predicted molar refractivity (Wildman–Crippen MR) is 115 cm³/mol. The fourth-order valence-electron chi connectivity index (χ4n) is 4.00. The van der Waals surface area contributed by atoms with Crippen LogP contribution in [0.1, 0.15) is 16.6 Å². The van der Waals surface area contributed by atoms with Crippen LogP contribution in [-0.2, 0) is 6.54 Å². The van der Waals surface area contributed by atoms with Crippen LogP contribution in [0.5, 0.6) is 0 Å². The van der Waals surface area contributed by atoms with E-state index in [2.05, 4.69) is 66.4 Å². The third kappa shape index (κ3) is 2.80. The minimum atomic E-state index is -0.00252. The first kappa shape index (κ1) is 16.7. The number of thiophene rings is 1. The van der Waals surface area contributed by atoms with Crippen LogP contribution < -0.4 is 10.2 Å². The van der Waals surface area contributed by atoms with Gasteiger partial charge in [-0.15, -0.1) is 11.3 Å². The van der Waals surface area contributed by atoms with Gasteiger partial charge in [-0.25, -0.2) is 9.98 Å². The van der Waals surface area contributed by atoms with Gasteiger partial charge in [0.15, 0.2) is 0 Å². The monoisotopic (exact) mass is 401 g/mol. The predicted octanol–water partition coefficient (Wildman–Crippen LogP) is 3.24. The highest BCUT2D eigenvalue weighted by Crippen LogP contribution is 2.35. The Morgan fingerprint density at radius 2 is 2.07 bits per heavy atom. The Balaban J connectivity index is 1.42. The fourth-order valence-corrected chi connectivity index (χ4v) is 4.77. The Morgan fingerprint density at radius 1 is 1.10 bits per heavy atom. The number of rotatable bonds is 3. The maximum atomic E-state index is 4.97. The number of para-hydroxylation sites is 2. The van der Waals surface area contributed by atoms with Crippen LogP contribution in [0.2, 0.25) is 0 Å². The molecular weight excluding hydrogens is 382 g/mol. The average Bonchev–Trinajstić information content (AvgIpc) is 3.43. The summed E-state index contributed by atoms with van der Waals surface area (Å²) in [6.07, 6.45) is 3.71. The molecule has 1 aromatic carbocycles. The van der Waals surface area contributed by atoms with Crippen molar-refractivity contribution in [2.45, 2.75) is 12.7 Å². The highest BCUT2D eigenvalue weighted by Gasteiger charge is 2.36. The highest BCUT2D eigenvalue weighted by molar-refractivity contribution is 7.10. The minimum absolute atomic E-state index is 0.00252. The maximum absolute atomic E-state index is 4.97. The van der Waals surface area contributed by atoms with Gasteiger partial charge >= 0.3 is 0 Å². The van der Waals surface area contributed by atoms with Crippen LogP contribution in [0.15, 0.2) is 71.3 Å². The summed E-state index contributed by atoms with van der Waals surface area (Å²) in [7, 11) is 0. The summed E-state index contributed by atoms with van der Waals surface area (Å²) in [6.45, 7) is 2.17. The van der Waals surface area contributed by atoms with Gasteiger partial charge in [0, 0.05) is 23.8 Å². The van der Waals surface area contributed by atoms with Crippen LogP contribution in [0.4, 0.5) is 5.95 Å². The summed E-state index contributed by atoms with van der Waals surface area (Å²) in [5, 5.41) is 5.76. The van der Waals surface area contributed by atoms with Crippen molar-refractivity contribution >= 4 is 34.3 Å². The molecular formula is C21H19N7S. The van der Waals surface area contributed by atoms with E-state index in [9.17, 15) is 0 Å². The van der Waals surface area contributed by atoms with Gasteiger partial charge in [0.25, 0.3) is 0 Å². The Labute approximate surface area is 172 Å². The van der Waals surface area contributed by atoms with Crippen LogP contribution in [0.3, 0.4) is 0 Å². The van der Waals surface area contributed by atoms with E-state index in [4.69, 9.17) is 9.98 Å². The number of pyridine rings is 1. The topological polar surface area (TPSA) is 61.6 Å². The van der Waals surface area contributed by atoms with Crippen molar-refractivity contribution in [3.05, 3.63) is 76.7 Å². The molecule has 0 saturated heterocycles. The summed E-state index contributed by atoms with van der Waals surface area (Å²) in [6, 6.07) is 16.6. The van der Waals surface area contributed by atoms with Gasteiger partial charge in [-0.2, -0.15) is 0 Å². The smallest absolute Gasteiger partial charge is 0.216 e. The molecule has 5 heterocycles. The zero-order valence-corrected chi connectivity index (χ0v) is 16.5. The number of nitrogens with one attached hydrogen (secondary N) is 1. The van der Waals surface area contributed by atoms with E-state index in [0.717, 1.165) is 36.2 Å². The zero-order chi connectivity index (χ0) is 19.2. The number of hydrogen-bond acceptors (Lipinski definition) is 7. The normalized spacial score (nSPS) is 18.8. The van der Waals surface area contributed by atoms with Crippen molar-refractivity contribution in [3.8, 4) is 0 Å². The summed E-state index contributed by atoms with van der Waals surface area (Å²) in [5.41, 5.74) is 3.30. The van der Waals surface area contributed by atoms with Gasteiger partial charge in [-0.3, -0.25) is 19.4 Å². The first-order valence-corrected chi connectivity index (χ1v) is 10.4. The summed E-state index contributed by atoms with van der Waals surface area (Å²) in [5.74, 6) is 1.81. The Hall–Kier alpha value is -3.23. The minimum Gasteiger partial charge on any atom is -0.331 e. The highest BCUT2D eigenvalue weighted by atomic mass is 32.1. The standard InChI is InChI=1S/C21H19N7S/c1-2-7-17-16(6-1)24-21-27-14-26(12-15-5-3-9-22-11-15)13-23-20(27)25-19(28(17)21)18-8-4-10-29-18/h1-11,19H,12-14H2,(H,23,25). The van der Waals surface area contributed by atoms with Crippen molar-refractivity contribution in [2.24, 2.45) is 4.99 Å². The molecule has 8 heteroatoms. The number of fused-ring (bicyclic) bond motifs is 5. The van der Waals surface area contributed by atoms with Crippen molar-refractivity contribution in [1.29, 1.82) is 0 Å². The molecule has 1 unspecified atom stereocenters. The molecule has 0 fully saturated rings. The molecule has 0 saturated carbocycles. The molecule has 0 amide bonds. The molecule has 2 aliphatic heterocycles. The Morgan fingerprint density at radius 3 is 2.93 bits per heavy atom. The van der Waals surface area contributed by atoms with Gasteiger partial charge in [0.05, 0.1) is 24.4 Å². The number of benzene rings is 1. The van der Waals surface area contributed by atoms with Crippen molar-refractivity contribution in [3.63, 3.8) is 0 Å². The molecule has 7 nitrogen and oxygen atoms in total. The zero-order valence-electron chi connectivity index (χ0n) is 15.6. The van der Waals surface area contributed by atoms with E-state index in [1.807, 2.05) is 18.3 Å². The van der Waals surface area contributed by atoms with Gasteiger partial charge in [-0.1, -0.05) is 24.3 Å². The lowest BCUT2D eigenvalue weighted by Crippen LogP contribution is -2.57. The molecule has 0 aliphatic carbocycles.